The zero-order valence-corrected chi connectivity index (χ0v) is 16.8. The molecule has 1 amide bonds. The number of nitrogens with zero attached hydrogens (tertiary/aromatic N) is 3. The number of carbonyl (C=O) groups is 1. The summed E-state index contributed by atoms with van der Waals surface area (Å²) in [5, 5.41) is 9.22. The third-order valence-corrected chi connectivity index (χ3v) is 5.38. The van der Waals surface area contributed by atoms with Gasteiger partial charge in [-0.1, -0.05) is 42.5 Å². The summed E-state index contributed by atoms with van der Waals surface area (Å²) >= 11 is 0. The lowest BCUT2D eigenvalue weighted by Crippen LogP contribution is -2.41. The van der Waals surface area contributed by atoms with Crippen LogP contribution in [0.5, 0.6) is 5.75 Å². The van der Waals surface area contributed by atoms with Gasteiger partial charge in [-0.25, -0.2) is 4.98 Å². The highest BCUT2D eigenvalue weighted by Gasteiger charge is 2.26. The van der Waals surface area contributed by atoms with Crippen molar-refractivity contribution in [3.8, 4) is 17.0 Å². The maximum atomic E-state index is 12.6. The Bertz CT molecular complexity index is 977. The molecular weight excluding hydrogens is 378 g/mol. The van der Waals surface area contributed by atoms with Crippen LogP contribution in [0, 0.1) is 0 Å². The molecule has 1 aliphatic heterocycles. The van der Waals surface area contributed by atoms with Crippen molar-refractivity contribution in [2.45, 2.75) is 25.4 Å². The number of amides is 1. The van der Waals surface area contributed by atoms with Gasteiger partial charge in [-0.2, -0.15) is 0 Å². The second-order valence-electron chi connectivity index (χ2n) is 7.46. The molecule has 0 unspecified atom stereocenters. The lowest BCUT2D eigenvalue weighted by molar-refractivity contribution is -0.134. The Balaban J connectivity index is 1.42. The summed E-state index contributed by atoms with van der Waals surface area (Å²) in [7, 11) is 0. The summed E-state index contributed by atoms with van der Waals surface area (Å²) in [6, 6.07) is 17.0. The van der Waals surface area contributed by atoms with Crippen molar-refractivity contribution in [3.63, 3.8) is 0 Å². The monoisotopic (exact) mass is 403 g/mol. The van der Waals surface area contributed by atoms with Crippen LogP contribution >= 0.6 is 0 Å². The molecule has 0 bridgehead atoms. The quantitative estimate of drug-likeness (QED) is 0.683. The number of hydrogen-bond donors (Lipinski definition) is 1. The molecule has 6 heteroatoms. The molecule has 6 nitrogen and oxygen atoms in total. The maximum absolute atomic E-state index is 12.6. The molecule has 0 radical (unpaired) electrons. The molecule has 1 atom stereocenters. The maximum Gasteiger partial charge on any atom is 0.260 e. The molecule has 2 aromatic carbocycles. The van der Waals surface area contributed by atoms with Gasteiger partial charge in [0.05, 0.1) is 24.2 Å². The highest BCUT2D eigenvalue weighted by atomic mass is 16.5. The van der Waals surface area contributed by atoms with Crippen molar-refractivity contribution in [3.05, 3.63) is 78.2 Å². The van der Waals surface area contributed by atoms with E-state index in [9.17, 15) is 9.90 Å². The van der Waals surface area contributed by atoms with Crippen LogP contribution in [0.15, 0.2) is 67.0 Å². The van der Waals surface area contributed by atoms with Gasteiger partial charge < -0.3 is 14.7 Å². The standard InChI is InChI=1S/C24H25N3O3/c28-16-18-8-10-19(11-9-18)22-13-25-14-23(26-22)20-5-4-12-27(15-20)24(29)17-30-21-6-2-1-3-7-21/h1-3,6-11,13-14,20,28H,4-5,12,15-17H2/t20-/m1/s1. The Labute approximate surface area is 176 Å². The molecule has 1 N–H and O–H groups in total. The predicted octanol–water partition coefficient (Wildman–Crippen LogP) is 3.42. The zero-order valence-electron chi connectivity index (χ0n) is 16.8. The predicted molar refractivity (Wildman–Crippen MR) is 114 cm³/mol. The van der Waals surface area contributed by atoms with E-state index in [1.54, 1.807) is 12.4 Å². The number of aromatic nitrogens is 2. The molecule has 1 aromatic heterocycles. The average Bonchev–Trinajstić information content (AvgIpc) is 2.83. The van der Waals surface area contributed by atoms with Gasteiger partial charge in [0, 0.05) is 30.8 Å². The number of likely N-dealkylation sites (tertiary alicyclic amines) is 1. The van der Waals surface area contributed by atoms with Crippen LogP contribution in [0.1, 0.15) is 30.0 Å². The van der Waals surface area contributed by atoms with E-state index in [2.05, 4.69) is 4.98 Å². The minimum atomic E-state index is -0.00717. The first kappa shape index (κ1) is 20.0. The smallest absolute Gasteiger partial charge is 0.260 e. The number of piperidine rings is 1. The van der Waals surface area contributed by atoms with Gasteiger partial charge in [0.1, 0.15) is 5.75 Å². The summed E-state index contributed by atoms with van der Waals surface area (Å²) in [4.78, 5) is 23.7. The fourth-order valence-electron chi connectivity index (χ4n) is 3.70. The SMILES string of the molecule is O=C(COc1ccccc1)N1CCC[C@@H](c2cncc(-c3ccc(CO)cc3)n2)C1. The van der Waals surface area contributed by atoms with E-state index >= 15 is 0 Å². The first-order valence-electron chi connectivity index (χ1n) is 10.2. The first-order chi connectivity index (χ1) is 14.7. The van der Waals surface area contributed by atoms with Gasteiger partial charge in [0.15, 0.2) is 6.61 Å². The van der Waals surface area contributed by atoms with Crippen molar-refractivity contribution < 1.29 is 14.6 Å². The Morgan fingerprint density at radius 3 is 2.67 bits per heavy atom. The molecule has 1 aliphatic rings. The van der Waals surface area contributed by atoms with E-state index in [1.165, 1.54) is 0 Å². The number of carbonyl (C=O) groups excluding carboxylic acids is 1. The van der Waals surface area contributed by atoms with Gasteiger partial charge in [0.2, 0.25) is 0 Å². The second-order valence-corrected chi connectivity index (χ2v) is 7.46. The van der Waals surface area contributed by atoms with Crippen LogP contribution in [0.25, 0.3) is 11.3 Å². The van der Waals surface area contributed by atoms with Crippen LogP contribution in [0.2, 0.25) is 0 Å². The van der Waals surface area contributed by atoms with E-state index in [-0.39, 0.29) is 25.0 Å². The van der Waals surface area contributed by atoms with E-state index in [0.29, 0.717) is 12.3 Å². The summed E-state index contributed by atoms with van der Waals surface area (Å²) in [5.74, 6) is 0.848. The summed E-state index contributed by atoms with van der Waals surface area (Å²) < 4.78 is 5.62. The molecule has 1 fully saturated rings. The number of ether oxygens (including phenoxy) is 1. The van der Waals surface area contributed by atoms with Gasteiger partial charge in [-0.3, -0.25) is 9.78 Å². The fraction of sp³-hybridized carbons (Fsp3) is 0.292. The van der Waals surface area contributed by atoms with Crippen LogP contribution in [0.3, 0.4) is 0 Å². The molecule has 0 aliphatic carbocycles. The molecular formula is C24H25N3O3. The second kappa shape index (κ2) is 9.50. The lowest BCUT2D eigenvalue weighted by Gasteiger charge is -2.32. The fourth-order valence-corrected chi connectivity index (χ4v) is 3.70. The van der Waals surface area contributed by atoms with Gasteiger partial charge in [0.25, 0.3) is 5.91 Å². The molecule has 30 heavy (non-hydrogen) atoms. The normalized spacial score (nSPS) is 16.3. The number of benzene rings is 2. The largest absolute Gasteiger partial charge is 0.484 e. The number of aliphatic hydroxyl groups is 1. The average molecular weight is 403 g/mol. The highest BCUT2D eigenvalue weighted by Crippen LogP contribution is 2.27. The van der Waals surface area contributed by atoms with E-state index < -0.39 is 0 Å². The lowest BCUT2D eigenvalue weighted by atomic mass is 9.94. The topological polar surface area (TPSA) is 75.5 Å². The molecule has 4 rings (SSSR count). The van der Waals surface area contributed by atoms with Crippen molar-refractivity contribution >= 4 is 5.91 Å². The Morgan fingerprint density at radius 2 is 1.90 bits per heavy atom. The number of aliphatic hydroxyl groups excluding tert-OH is 1. The summed E-state index contributed by atoms with van der Waals surface area (Å²) in [5.41, 5.74) is 3.52. The van der Waals surface area contributed by atoms with Crippen molar-refractivity contribution in [1.29, 1.82) is 0 Å². The van der Waals surface area contributed by atoms with E-state index in [0.717, 1.165) is 41.9 Å². The number of rotatable bonds is 6. The number of para-hydroxylation sites is 1. The zero-order chi connectivity index (χ0) is 20.8. The van der Waals surface area contributed by atoms with Gasteiger partial charge >= 0.3 is 0 Å². The van der Waals surface area contributed by atoms with Crippen LogP contribution in [-0.2, 0) is 11.4 Å². The summed E-state index contributed by atoms with van der Waals surface area (Å²) in [6.07, 6.45) is 5.45. The third kappa shape index (κ3) is 4.83. The van der Waals surface area contributed by atoms with Crippen LogP contribution < -0.4 is 4.74 Å². The van der Waals surface area contributed by atoms with Crippen LogP contribution in [0.4, 0.5) is 0 Å². The van der Waals surface area contributed by atoms with Crippen molar-refractivity contribution in [2.24, 2.45) is 0 Å². The highest BCUT2D eigenvalue weighted by molar-refractivity contribution is 5.78. The Morgan fingerprint density at radius 1 is 1.10 bits per heavy atom. The number of hydrogen-bond acceptors (Lipinski definition) is 5. The van der Waals surface area contributed by atoms with E-state index in [1.807, 2.05) is 59.5 Å². The molecule has 2 heterocycles. The third-order valence-electron chi connectivity index (χ3n) is 5.38. The van der Waals surface area contributed by atoms with Crippen LogP contribution in [-0.4, -0.2) is 45.6 Å². The summed E-state index contributed by atoms with van der Waals surface area (Å²) in [6.45, 7) is 1.42. The molecule has 1 saturated heterocycles. The minimum absolute atomic E-state index is 0.00717. The molecule has 154 valence electrons. The van der Waals surface area contributed by atoms with Gasteiger partial charge in [-0.15, -0.1) is 0 Å². The first-order valence-corrected chi connectivity index (χ1v) is 10.2. The molecule has 3 aromatic rings. The van der Waals surface area contributed by atoms with Crippen molar-refractivity contribution in [2.75, 3.05) is 19.7 Å². The van der Waals surface area contributed by atoms with E-state index in [4.69, 9.17) is 9.72 Å². The van der Waals surface area contributed by atoms with Crippen molar-refractivity contribution in [1.82, 2.24) is 14.9 Å². The minimum Gasteiger partial charge on any atom is -0.484 e. The van der Waals surface area contributed by atoms with Gasteiger partial charge in [-0.05, 0) is 30.5 Å². The molecule has 0 saturated carbocycles. The Kier molecular flexibility index (Phi) is 6.35. The molecule has 0 spiro atoms. The Hall–Kier alpha value is -3.25.